The van der Waals surface area contributed by atoms with Crippen LogP contribution in [0.1, 0.15) is 25.3 Å². The minimum atomic E-state index is -0.0798. The number of hydrogen-bond donors (Lipinski definition) is 0. The van der Waals surface area contributed by atoms with Crippen molar-refractivity contribution >= 4 is 17.7 Å². The van der Waals surface area contributed by atoms with Gasteiger partial charge in [0.1, 0.15) is 6.33 Å². The molecule has 2 saturated heterocycles. The summed E-state index contributed by atoms with van der Waals surface area (Å²) in [6.45, 7) is 5.02. The van der Waals surface area contributed by atoms with E-state index in [1.807, 2.05) is 21.6 Å². The minimum absolute atomic E-state index is 0.0798. The number of likely N-dealkylation sites (tertiary alicyclic amines) is 1. The molecule has 150 valence electrons. The molecule has 0 radical (unpaired) electrons. The van der Waals surface area contributed by atoms with Crippen LogP contribution in [0.15, 0.2) is 35.7 Å². The Morgan fingerprint density at radius 2 is 1.96 bits per heavy atom. The second-order valence-electron chi connectivity index (χ2n) is 7.08. The highest BCUT2D eigenvalue weighted by Gasteiger charge is 2.31. The number of thioether (sulfide) groups is 1. The Morgan fingerprint density at radius 1 is 1.21 bits per heavy atom. The molecule has 0 spiro atoms. The Labute approximate surface area is 169 Å². The number of carbonyl (C=O) groups is 1. The molecule has 0 atom stereocenters. The average molecular weight is 403 g/mol. The highest BCUT2D eigenvalue weighted by Crippen LogP contribution is 2.27. The SMILES string of the molecule is CCc1ccccc1-n1cnnc1SCC(=O)N1CCC(C2OCCO2)CC1. The fraction of sp³-hybridized carbons (Fsp3) is 0.550. The summed E-state index contributed by atoms with van der Waals surface area (Å²) in [7, 11) is 0. The van der Waals surface area contributed by atoms with E-state index in [0.29, 0.717) is 24.9 Å². The second-order valence-corrected chi connectivity index (χ2v) is 8.03. The first-order valence-electron chi connectivity index (χ1n) is 9.88. The van der Waals surface area contributed by atoms with E-state index >= 15 is 0 Å². The van der Waals surface area contributed by atoms with Crippen molar-refractivity contribution in [1.82, 2.24) is 19.7 Å². The molecule has 7 nitrogen and oxygen atoms in total. The number of carbonyl (C=O) groups excluding carboxylic acids is 1. The summed E-state index contributed by atoms with van der Waals surface area (Å²) in [5, 5.41) is 9.03. The van der Waals surface area contributed by atoms with Crippen molar-refractivity contribution in [1.29, 1.82) is 0 Å². The van der Waals surface area contributed by atoms with Crippen LogP contribution in [0.25, 0.3) is 5.69 Å². The van der Waals surface area contributed by atoms with Crippen LogP contribution in [-0.2, 0) is 20.7 Å². The van der Waals surface area contributed by atoms with Crippen LogP contribution in [0.2, 0.25) is 0 Å². The molecule has 1 amide bonds. The van der Waals surface area contributed by atoms with E-state index in [-0.39, 0.29) is 12.2 Å². The number of hydrogen-bond acceptors (Lipinski definition) is 6. The van der Waals surface area contributed by atoms with Gasteiger partial charge < -0.3 is 14.4 Å². The van der Waals surface area contributed by atoms with Crippen molar-refractivity contribution in [3.8, 4) is 5.69 Å². The average Bonchev–Trinajstić information content (AvgIpc) is 3.44. The van der Waals surface area contributed by atoms with Crippen LogP contribution >= 0.6 is 11.8 Å². The predicted molar refractivity (Wildman–Crippen MR) is 106 cm³/mol. The van der Waals surface area contributed by atoms with Crippen molar-refractivity contribution in [3.63, 3.8) is 0 Å². The molecule has 2 aliphatic heterocycles. The van der Waals surface area contributed by atoms with Crippen LogP contribution in [0.5, 0.6) is 0 Å². The van der Waals surface area contributed by atoms with Gasteiger partial charge in [-0.15, -0.1) is 10.2 Å². The van der Waals surface area contributed by atoms with Crippen molar-refractivity contribution in [2.45, 2.75) is 37.6 Å². The topological polar surface area (TPSA) is 69.5 Å². The monoisotopic (exact) mass is 402 g/mol. The maximum Gasteiger partial charge on any atom is 0.233 e. The number of amides is 1. The third-order valence-corrected chi connectivity index (χ3v) is 6.33. The lowest BCUT2D eigenvalue weighted by Gasteiger charge is -2.33. The molecule has 2 aromatic rings. The molecule has 1 aromatic heterocycles. The first-order chi connectivity index (χ1) is 13.8. The molecule has 3 heterocycles. The van der Waals surface area contributed by atoms with E-state index in [4.69, 9.17) is 9.47 Å². The lowest BCUT2D eigenvalue weighted by molar-refractivity contribution is -0.134. The third-order valence-electron chi connectivity index (χ3n) is 5.40. The molecule has 1 aromatic carbocycles. The zero-order chi connectivity index (χ0) is 19.3. The van der Waals surface area contributed by atoms with E-state index in [1.54, 1.807) is 6.33 Å². The largest absolute Gasteiger partial charge is 0.350 e. The molecule has 8 heteroatoms. The van der Waals surface area contributed by atoms with Crippen LogP contribution in [0.3, 0.4) is 0 Å². The zero-order valence-electron chi connectivity index (χ0n) is 16.1. The fourth-order valence-corrected chi connectivity index (χ4v) is 4.64. The fourth-order valence-electron chi connectivity index (χ4n) is 3.82. The van der Waals surface area contributed by atoms with Gasteiger partial charge in [-0.05, 0) is 30.9 Å². The second kappa shape index (κ2) is 9.07. The molecule has 0 N–H and O–H groups in total. The smallest absolute Gasteiger partial charge is 0.233 e. The van der Waals surface area contributed by atoms with Crippen molar-refractivity contribution in [2.24, 2.45) is 5.92 Å². The van der Waals surface area contributed by atoms with Gasteiger partial charge in [0.25, 0.3) is 0 Å². The Bertz CT molecular complexity index is 798. The Kier molecular flexibility index (Phi) is 6.29. The highest BCUT2D eigenvalue weighted by molar-refractivity contribution is 7.99. The van der Waals surface area contributed by atoms with Crippen molar-refractivity contribution in [3.05, 3.63) is 36.2 Å². The summed E-state index contributed by atoms with van der Waals surface area (Å²) >= 11 is 1.44. The van der Waals surface area contributed by atoms with Gasteiger partial charge in [-0.2, -0.15) is 0 Å². The lowest BCUT2D eigenvalue weighted by atomic mass is 9.96. The summed E-state index contributed by atoms with van der Waals surface area (Å²) in [6.07, 6.45) is 4.43. The molecule has 28 heavy (non-hydrogen) atoms. The van der Waals surface area contributed by atoms with Gasteiger partial charge >= 0.3 is 0 Å². The van der Waals surface area contributed by atoms with Gasteiger partial charge in [0, 0.05) is 19.0 Å². The lowest BCUT2D eigenvalue weighted by Crippen LogP contribution is -2.42. The number of para-hydroxylation sites is 1. The molecule has 0 saturated carbocycles. The van der Waals surface area contributed by atoms with Crippen LogP contribution in [-0.4, -0.2) is 63.9 Å². The van der Waals surface area contributed by atoms with Gasteiger partial charge in [0.05, 0.1) is 24.7 Å². The number of ether oxygens (including phenoxy) is 2. The number of aryl methyl sites for hydroxylation is 1. The molecule has 0 aliphatic carbocycles. The normalized spacial score (nSPS) is 18.7. The summed E-state index contributed by atoms with van der Waals surface area (Å²) in [6, 6.07) is 8.22. The maximum absolute atomic E-state index is 12.7. The van der Waals surface area contributed by atoms with E-state index in [9.17, 15) is 4.79 Å². The maximum atomic E-state index is 12.7. The van der Waals surface area contributed by atoms with E-state index in [1.165, 1.54) is 17.3 Å². The number of aromatic nitrogens is 3. The summed E-state index contributed by atoms with van der Waals surface area (Å²) in [5.74, 6) is 0.913. The third kappa shape index (κ3) is 4.24. The number of nitrogens with zero attached hydrogens (tertiary/aromatic N) is 4. The summed E-state index contributed by atoms with van der Waals surface area (Å²) in [5.41, 5.74) is 2.30. The van der Waals surface area contributed by atoms with Crippen LogP contribution < -0.4 is 0 Å². The van der Waals surface area contributed by atoms with Gasteiger partial charge in [-0.25, -0.2) is 0 Å². The molecule has 0 bridgehead atoms. The van der Waals surface area contributed by atoms with Crippen molar-refractivity contribution < 1.29 is 14.3 Å². The standard InChI is InChI=1S/C20H26N4O3S/c1-2-15-5-3-4-6-17(15)24-14-21-22-20(24)28-13-18(25)23-9-7-16(8-10-23)19-26-11-12-27-19/h3-6,14,16,19H,2,7-13H2,1H3. The van der Waals surface area contributed by atoms with Crippen molar-refractivity contribution in [2.75, 3.05) is 32.1 Å². The Hall–Kier alpha value is -1.90. The zero-order valence-corrected chi connectivity index (χ0v) is 16.9. The quantitative estimate of drug-likeness (QED) is 0.692. The molecule has 4 rings (SSSR count). The van der Waals surface area contributed by atoms with E-state index < -0.39 is 0 Å². The van der Waals surface area contributed by atoms with E-state index in [2.05, 4.69) is 29.3 Å². The molecule has 2 aliphatic rings. The van der Waals surface area contributed by atoms with Gasteiger partial charge in [-0.1, -0.05) is 36.9 Å². The molecule has 0 unspecified atom stereocenters. The van der Waals surface area contributed by atoms with Gasteiger partial charge in [0.15, 0.2) is 11.4 Å². The predicted octanol–water partition coefficient (Wildman–Crippen LogP) is 2.53. The highest BCUT2D eigenvalue weighted by atomic mass is 32.2. The Morgan fingerprint density at radius 3 is 2.71 bits per heavy atom. The Balaban J connectivity index is 1.33. The van der Waals surface area contributed by atoms with Crippen LogP contribution in [0.4, 0.5) is 0 Å². The van der Waals surface area contributed by atoms with Gasteiger partial charge in [-0.3, -0.25) is 9.36 Å². The minimum Gasteiger partial charge on any atom is -0.350 e. The van der Waals surface area contributed by atoms with Gasteiger partial charge in [0.2, 0.25) is 5.91 Å². The number of rotatable bonds is 6. The van der Waals surface area contributed by atoms with Crippen LogP contribution in [0, 0.1) is 5.92 Å². The first-order valence-corrected chi connectivity index (χ1v) is 10.9. The summed E-state index contributed by atoms with van der Waals surface area (Å²) < 4.78 is 13.2. The molecular formula is C20H26N4O3S. The molecule has 2 fully saturated rings. The number of piperidine rings is 1. The number of benzene rings is 1. The molecular weight excluding hydrogens is 376 g/mol. The van der Waals surface area contributed by atoms with E-state index in [0.717, 1.165) is 43.2 Å². The first kappa shape index (κ1) is 19.4. The summed E-state index contributed by atoms with van der Waals surface area (Å²) in [4.78, 5) is 14.6.